The first-order valence-electron chi connectivity index (χ1n) is 10.2. The van der Waals surface area contributed by atoms with Gasteiger partial charge >= 0.3 is 0 Å². The highest BCUT2D eigenvalue weighted by atomic mass is 32.2. The van der Waals surface area contributed by atoms with Crippen LogP contribution < -0.4 is 15.0 Å². The first kappa shape index (κ1) is 19.5. The van der Waals surface area contributed by atoms with Crippen molar-refractivity contribution in [2.75, 3.05) is 16.8 Å². The zero-order chi connectivity index (χ0) is 21.4. The molecule has 31 heavy (non-hydrogen) atoms. The maximum atomic E-state index is 13.8. The number of amides is 1. The largest absolute Gasteiger partial charge is 0.492 e. The number of anilines is 2. The Morgan fingerprint density at radius 2 is 1.71 bits per heavy atom. The first-order valence-corrected chi connectivity index (χ1v) is 11.0. The summed E-state index contributed by atoms with van der Waals surface area (Å²) in [5.41, 5.74) is 3.14. The number of carbonyl (C=O) groups is 1. The van der Waals surface area contributed by atoms with Gasteiger partial charge in [-0.25, -0.2) is 0 Å². The lowest BCUT2D eigenvalue weighted by Crippen LogP contribution is -2.30. The van der Waals surface area contributed by atoms with Crippen molar-refractivity contribution in [1.82, 2.24) is 0 Å². The number of nitrogens with one attached hydrogen (secondary N) is 2. The monoisotopic (exact) mass is 427 g/mol. The van der Waals surface area contributed by atoms with E-state index in [1.165, 1.54) is 4.90 Å². The van der Waals surface area contributed by atoms with Crippen LogP contribution in [0.3, 0.4) is 0 Å². The summed E-state index contributed by atoms with van der Waals surface area (Å²) >= 11 is 1.57. The number of hydrogen-bond donors (Lipinski definition) is 2. The number of ether oxygens (including phenoxy) is 1. The smallest absolute Gasteiger partial charge is 0.245 e. The molecule has 5 nitrogen and oxygen atoms in total. The van der Waals surface area contributed by atoms with Gasteiger partial charge in [-0.05, 0) is 36.8 Å². The molecule has 0 saturated carbocycles. The fourth-order valence-corrected chi connectivity index (χ4v) is 5.09. The Morgan fingerprint density at radius 1 is 1.00 bits per heavy atom. The predicted molar refractivity (Wildman–Crippen MR) is 125 cm³/mol. The minimum atomic E-state index is -0.562. The van der Waals surface area contributed by atoms with Crippen molar-refractivity contribution in [3.8, 4) is 5.75 Å². The van der Waals surface area contributed by atoms with Gasteiger partial charge in [0.2, 0.25) is 5.91 Å². The molecule has 154 valence electrons. The molecule has 0 spiro atoms. The molecule has 6 heteroatoms. The number of amidine groups is 1. The van der Waals surface area contributed by atoms with Crippen molar-refractivity contribution < 1.29 is 9.53 Å². The lowest BCUT2D eigenvalue weighted by atomic mass is 9.93. The highest BCUT2D eigenvalue weighted by molar-refractivity contribution is 8.03. The molecule has 1 saturated heterocycles. The molecule has 2 heterocycles. The summed E-state index contributed by atoms with van der Waals surface area (Å²) in [6, 6.07) is 25.1. The Morgan fingerprint density at radius 3 is 2.48 bits per heavy atom. The first-order chi connectivity index (χ1) is 15.2. The third kappa shape index (κ3) is 3.29. The summed E-state index contributed by atoms with van der Waals surface area (Å²) in [5, 5.41) is 13.3. The fraction of sp³-hybridized carbons (Fsp3) is 0.120. The number of benzene rings is 3. The topological polar surface area (TPSA) is 65.4 Å². The van der Waals surface area contributed by atoms with E-state index in [0.29, 0.717) is 23.6 Å². The van der Waals surface area contributed by atoms with Crippen molar-refractivity contribution in [3.05, 3.63) is 95.0 Å². The maximum absolute atomic E-state index is 13.8. The number of rotatable bonds is 4. The lowest BCUT2D eigenvalue weighted by Gasteiger charge is -2.19. The van der Waals surface area contributed by atoms with Gasteiger partial charge in [0.15, 0.2) is 0 Å². The van der Waals surface area contributed by atoms with Crippen LogP contribution in [0.15, 0.2) is 94.4 Å². The lowest BCUT2D eigenvalue weighted by molar-refractivity contribution is -0.117. The molecule has 0 aromatic heterocycles. The summed E-state index contributed by atoms with van der Waals surface area (Å²) in [6.45, 7) is 2.39. The average Bonchev–Trinajstić information content (AvgIpc) is 3.33. The van der Waals surface area contributed by atoms with Crippen LogP contribution >= 0.6 is 11.8 Å². The van der Waals surface area contributed by atoms with Crippen LogP contribution in [-0.4, -0.2) is 18.3 Å². The summed E-state index contributed by atoms with van der Waals surface area (Å²) in [4.78, 5) is 16.3. The molecular formula is C25H21N3O2S. The van der Waals surface area contributed by atoms with Gasteiger partial charge in [0.05, 0.1) is 28.9 Å². The number of nitrogens with zero attached hydrogens (tertiary/aromatic N) is 1. The second-order valence-corrected chi connectivity index (χ2v) is 8.28. The molecule has 1 atom stereocenters. The number of fused-ring (bicyclic) bond motifs is 1. The van der Waals surface area contributed by atoms with Gasteiger partial charge in [0.25, 0.3) is 0 Å². The molecule has 3 aromatic carbocycles. The Hall–Kier alpha value is -3.51. The molecular weight excluding hydrogens is 406 g/mol. The molecule has 0 radical (unpaired) electrons. The van der Waals surface area contributed by atoms with Crippen LogP contribution in [0.2, 0.25) is 0 Å². The summed E-state index contributed by atoms with van der Waals surface area (Å²) in [7, 11) is 0. The van der Waals surface area contributed by atoms with E-state index in [1.54, 1.807) is 11.8 Å². The second kappa shape index (κ2) is 7.96. The zero-order valence-corrected chi connectivity index (χ0v) is 17.8. The van der Waals surface area contributed by atoms with Gasteiger partial charge in [0.1, 0.15) is 11.6 Å². The summed E-state index contributed by atoms with van der Waals surface area (Å²) < 4.78 is 5.77. The van der Waals surface area contributed by atoms with E-state index in [9.17, 15) is 4.79 Å². The molecule has 5 rings (SSSR count). The van der Waals surface area contributed by atoms with Gasteiger partial charge < -0.3 is 10.1 Å². The molecule has 2 aliphatic rings. The number of thioether (sulfide) groups is 1. The highest BCUT2D eigenvalue weighted by Gasteiger charge is 2.46. The summed E-state index contributed by atoms with van der Waals surface area (Å²) in [6.07, 6.45) is 0. The molecule has 3 aromatic rings. The van der Waals surface area contributed by atoms with E-state index in [1.807, 2.05) is 85.8 Å². The predicted octanol–water partition coefficient (Wildman–Crippen LogP) is 5.62. The average molecular weight is 428 g/mol. The minimum Gasteiger partial charge on any atom is -0.492 e. The molecule has 1 amide bonds. The van der Waals surface area contributed by atoms with Crippen molar-refractivity contribution in [2.45, 2.75) is 17.7 Å². The fourth-order valence-electron chi connectivity index (χ4n) is 4.01. The van der Waals surface area contributed by atoms with Crippen LogP contribution in [0.4, 0.5) is 11.4 Å². The van der Waals surface area contributed by atoms with Crippen molar-refractivity contribution >= 4 is 34.9 Å². The quantitative estimate of drug-likeness (QED) is 0.567. The molecule has 0 aliphatic carbocycles. The third-order valence-corrected chi connectivity index (χ3v) is 6.47. The zero-order valence-electron chi connectivity index (χ0n) is 17.0. The third-order valence-electron chi connectivity index (χ3n) is 5.37. The van der Waals surface area contributed by atoms with E-state index in [-0.39, 0.29) is 11.7 Å². The standard InChI is InChI=1S/C25H21N3O2S/c1-2-30-19-14-8-7-13-18(19)28-23(26)22(21(25(28)29)16-10-4-3-5-11-16)24-27-17-12-6-9-15-20(17)31-24/h3-15,21,26-27H,2H2,1H3. The Balaban J connectivity index is 1.66. The molecule has 2 N–H and O–H groups in total. The maximum Gasteiger partial charge on any atom is 0.245 e. The van der Waals surface area contributed by atoms with Crippen LogP contribution in [0.1, 0.15) is 18.4 Å². The van der Waals surface area contributed by atoms with E-state index in [4.69, 9.17) is 10.1 Å². The second-order valence-electron chi connectivity index (χ2n) is 7.23. The van der Waals surface area contributed by atoms with Crippen LogP contribution in [0.5, 0.6) is 5.75 Å². The molecule has 1 unspecified atom stereocenters. The van der Waals surface area contributed by atoms with Crippen molar-refractivity contribution in [2.24, 2.45) is 0 Å². The Labute approximate surface area is 185 Å². The number of hydrogen-bond acceptors (Lipinski definition) is 5. The van der Waals surface area contributed by atoms with Gasteiger partial charge in [0, 0.05) is 10.5 Å². The van der Waals surface area contributed by atoms with Crippen molar-refractivity contribution in [1.29, 1.82) is 5.41 Å². The van der Waals surface area contributed by atoms with Crippen molar-refractivity contribution in [3.63, 3.8) is 0 Å². The molecule has 1 fully saturated rings. The minimum absolute atomic E-state index is 0.149. The SMILES string of the molecule is CCOc1ccccc1N1C(=N)C(=C2Nc3ccccc3S2)C(c2ccccc2)C1=O. The Bertz CT molecular complexity index is 1180. The van der Waals surface area contributed by atoms with Crippen LogP contribution in [-0.2, 0) is 4.79 Å². The normalized spacial score (nSPS) is 20.0. The van der Waals surface area contributed by atoms with Gasteiger partial charge in [-0.15, -0.1) is 0 Å². The number of para-hydroxylation sites is 3. The van der Waals surface area contributed by atoms with Crippen LogP contribution in [0.25, 0.3) is 0 Å². The van der Waals surface area contributed by atoms with Gasteiger partial charge in [-0.3, -0.25) is 15.1 Å². The van der Waals surface area contributed by atoms with E-state index in [0.717, 1.165) is 21.2 Å². The van der Waals surface area contributed by atoms with Crippen LogP contribution in [0, 0.1) is 5.41 Å². The highest BCUT2D eigenvalue weighted by Crippen LogP contribution is 2.48. The molecule has 2 aliphatic heterocycles. The van der Waals surface area contributed by atoms with E-state index in [2.05, 4.69) is 5.32 Å². The summed E-state index contributed by atoms with van der Waals surface area (Å²) in [5.74, 6) is 0.0576. The number of carbonyl (C=O) groups excluding carboxylic acids is 1. The van der Waals surface area contributed by atoms with Gasteiger partial charge in [-0.1, -0.05) is 66.4 Å². The van der Waals surface area contributed by atoms with E-state index < -0.39 is 5.92 Å². The van der Waals surface area contributed by atoms with E-state index >= 15 is 0 Å². The molecule has 0 bridgehead atoms. The Kier molecular flexibility index (Phi) is 5.00. The van der Waals surface area contributed by atoms with Gasteiger partial charge in [-0.2, -0.15) is 0 Å².